The fourth-order valence-electron chi connectivity index (χ4n) is 3.76. The van der Waals surface area contributed by atoms with E-state index in [1.807, 2.05) is 43.3 Å². The molecule has 2 heterocycles. The zero-order valence-corrected chi connectivity index (χ0v) is 20.1. The molecule has 0 saturated heterocycles. The van der Waals surface area contributed by atoms with Crippen molar-refractivity contribution < 1.29 is 9.53 Å². The zero-order chi connectivity index (χ0) is 24.5. The van der Waals surface area contributed by atoms with Crippen LogP contribution in [-0.4, -0.2) is 15.1 Å². The minimum atomic E-state index is -0.652. The molecule has 5 rings (SSSR count). The third-order valence-corrected chi connectivity index (χ3v) is 6.89. The Balaban J connectivity index is 1.83. The van der Waals surface area contributed by atoms with Crippen LogP contribution in [-0.2, 0) is 0 Å². The first-order valence-corrected chi connectivity index (χ1v) is 11.9. The van der Waals surface area contributed by atoms with Crippen molar-refractivity contribution in [1.82, 2.24) is 9.13 Å². The molecule has 35 heavy (non-hydrogen) atoms. The lowest BCUT2D eigenvalue weighted by molar-refractivity contribution is 0.0737. The summed E-state index contributed by atoms with van der Waals surface area (Å²) in [5, 5.41) is 9.99. The van der Waals surface area contributed by atoms with Crippen LogP contribution in [0.25, 0.3) is 21.6 Å². The maximum absolute atomic E-state index is 13.8. The van der Waals surface area contributed by atoms with Gasteiger partial charge in [0.25, 0.3) is 5.56 Å². The van der Waals surface area contributed by atoms with E-state index in [0.717, 1.165) is 16.9 Å². The second kappa shape index (κ2) is 9.14. The lowest BCUT2D eigenvalue weighted by Gasteiger charge is -2.14. The lowest BCUT2D eigenvalue weighted by atomic mass is 10.1. The van der Waals surface area contributed by atoms with Gasteiger partial charge in [0.2, 0.25) is 0 Å². The largest absolute Gasteiger partial charge is 0.420 e. The number of nitriles is 1. The molecule has 0 aliphatic rings. The van der Waals surface area contributed by atoms with Gasteiger partial charge in [-0.15, -0.1) is 11.3 Å². The van der Waals surface area contributed by atoms with Crippen molar-refractivity contribution in [2.45, 2.75) is 6.92 Å². The average molecular weight is 496 g/mol. The predicted octanol–water partition coefficient (Wildman–Crippen LogP) is 5.97. The molecular formula is C27H17N3O3S2. The number of rotatable bonds is 4. The van der Waals surface area contributed by atoms with Gasteiger partial charge in [0.15, 0.2) is 15.4 Å². The summed E-state index contributed by atoms with van der Waals surface area (Å²) >= 11 is 6.84. The minimum Gasteiger partial charge on any atom is -0.420 e. The quantitative estimate of drug-likeness (QED) is 0.227. The molecule has 2 aromatic heterocycles. The monoisotopic (exact) mass is 495 g/mol. The number of ether oxygens (including phenoxy) is 1. The number of aromatic nitrogens is 2. The number of fused-ring (bicyclic) bond motifs is 1. The molecule has 0 unspecified atom stereocenters. The van der Waals surface area contributed by atoms with Crippen molar-refractivity contribution in [3.8, 4) is 23.2 Å². The minimum absolute atomic E-state index is 0.0626. The highest BCUT2D eigenvalue weighted by molar-refractivity contribution is 7.71. The molecule has 0 aliphatic heterocycles. The van der Waals surface area contributed by atoms with E-state index < -0.39 is 11.5 Å². The Morgan fingerprint density at radius 3 is 2.06 bits per heavy atom. The summed E-state index contributed by atoms with van der Waals surface area (Å²) in [5.41, 5.74) is 2.13. The number of benzene rings is 3. The van der Waals surface area contributed by atoms with E-state index in [1.54, 1.807) is 53.1 Å². The van der Waals surface area contributed by atoms with Gasteiger partial charge < -0.3 is 4.74 Å². The van der Waals surface area contributed by atoms with E-state index >= 15 is 0 Å². The lowest BCUT2D eigenvalue weighted by Crippen LogP contribution is -2.23. The van der Waals surface area contributed by atoms with E-state index in [0.29, 0.717) is 21.8 Å². The van der Waals surface area contributed by atoms with Gasteiger partial charge in [-0.1, -0.05) is 54.1 Å². The summed E-state index contributed by atoms with van der Waals surface area (Å²) in [6, 6.07) is 27.3. The Hall–Kier alpha value is -4.32. The molecular weight excluding hydrogens is 478 g/mol. The normalized spacial score (nSPS) is 10.7. The summed E-state index contributed by atoms with van der Waals surface area (Å²) in [5.74, 6) is -0.715. The average Bonchev–Trinajstić information content (AvgIpc) is 3.24. The van der Waals surface area contributed by atoms with Crippen molar-refractivity contribution in [3.63, 3.8) is 0 Å². The molecule has 5 aromatic rings. The highest BCUT2D eigenvalue weighted by atomic mass is 32.1. The standard InChI is InChI=1S/C27H17N3O3S2/c1-17-12-14-18(15-13-17)26(32)33-23-21(16-28)35-25-22(23)24(31)29(19-8-4-2-5-9-19)27(34)30(25)20-10-6-3-7-11-20/h2-15H,1H3. The third-order valence-electron chi connectivity index (χ3n) is 5.46. The Kier molecular flexibility index (Phi) is 5.87. The topological polar surface area (TPSA) is 77.0 Å². The first-order valence-electron chi connectivity index (χ1n) is 10.6. The molecule has 0 atom stereocenters. The molecule has 3 aromatic carbocycles. The molecule has 0 spiro atoms. The van der Waals surface area contributed by atoms with Crippen LogP contribution in [0.3, 0.4) is 0 Å². The molecule has 170 valence electrons. The van der Waals surface area contributed by atoms with E-state index in [9.17, 15) is 14.9 Å². The number of hydrogen-bond acceptors (Lipinski definition) is 6. The van der Waals surface area contributed by atoms with E-state index in [-0.39, 0.29) is 20.8 Å². The SMILES string of the molecule is Cc1ccc(C(=O)Oc2c(C#N)sc3c2c(=O)n(-c2ccccc2)c(=S)n3-c2ccccc2)cc1. The van der Waals surface area contributed by atoms with Crippen LogP contribution in [0.4, 0.5) is 0 Å². The van der Waals surface area contributed by atoms with Crippen LogP contribution in [0.5, 0.6) is 5.75 Å². The van der Waals surface area contributed by atoms with Gasteiger partial charge in [0, 0.05) is 5.69 Å². The van der Waals surface area contributed by atoms with Crippen molar-refractivity contribution in [3.05, 3.63) is 116 Å². The van der Waals surface area contributed by atoms with Gasteiger partial charge in [-0.25, -0.2) is 4.79 Å². The number of aryl methyl sites for hydroxylation is 1. The van der Waals surface area contributed by atoms with Crippen molar-refractivity contribution in [2.75, 3.05) is 0 Å². The fraction of sp³-hybridized carbons (Fsp3) is 0.0370. The van der Waals surface area contributed by atoms with E-state index in [2.05, 4.69) is 6.07 Å². The molecule has 0 amide bonds. The number of esters is 1. The van der Waals surface area contributed by atoms with Crippen LogP contribution in [0.1, 0.15) is 20.8 Å². The summed E-state index contributed by atoms with van der Waals surface area (Å²) in [7, 11) is 0. The van der Waals surface area contributed by atoms with Crippen LogP contribution in [0, 0.1) is 23.0 Å². The van der Waals surface area contributed by atoms with Crippen LogP contribution < -0.4 is 10.3 Å². The van der Waals surface area contributed by atoms with Crippen LogP contribution in [0.15, 0.2) is 89.7 Å². The van der Waals surface area contributed by atoms with Gasteiger partial charge in [0.05, 0.1) is 11.3 Å². The number of carbonyl (C=O) groups excluding carboxylic acids is 1. The highest BCUT2D eigenvalue weighted by Crippen LogP contribution is 2.37. The zero-order valence-electron chi connectivity index (χ0n) is 18.5. The van der Waals surface area contributed by atoms with Gasteiger partial charge in [-0.2, -0.15) is 5.26 Å². The summed E-state index contributed by atoms with van der Waals surface area (Å²) in [6.45, 7) is 1.91. The van der Waals surface area contributed by atoms with Crippen LogP contribution in [0.2, 0.25) is 0 Å². The Morgan fingerprint density at radius 1 is 0.914 bits per heavy atom. The van der Waals surface area contributed by atoms with Crippen LogP contribution >= 0.6 is 23.6 Å². The summed E-state index contributed by atoms with van der Waals surface area (Å²) < 4.78 is 9.06. The molecule has 0 saturated carbocycles. The summed E-state index contributed by atoms with van der Waals surface area (Å²) in [4.78, 5) is 27.3. The van der Waals surface area contributed by atoms with Gasteiger partial charge in [-0.05, 0) is 55.5 Å². The highest BCUT2D eigenvalue weighted by Gasteiger charge is 2.25. The van der Waals surface area contributed by atoms with Gasteiger partial charge >= 0.3 is 5.97 Å². The molecule has 8 heteroatoms. The molecule has 0 aliphatic carbocycles. The number of hydrogen-bond donors (Lipinski definition) is 0. The van der Waals surface area contributed by atoms with E-state index in [1.165, 1.54) is 4.57 Å². The Morgan fingerprint density at radius 2 is 1.49 bits per heavy atom. The molecule has 0 bridgehead atoms. The maximum atomic E-state index is 13.8. The first-order chi connectivity index (χ1) is 17.0. The second-order valence-corrected chi connectivity index (χ2v) is 9.10. The number of carbonyl (C=O) groups is 1. The second-order valence-electron chi connectivity index (χ2n) is 7.74. The Labute approximate surface area is 209 Å². The fourth-order valence-corrected chi connectivity index (χ4v) is 5.24. The molecule has 0 radical (unpaired) electrons. The first kappa shape index (κ1) is 22.5. The van der Waals surface area contributed by atoms with Crippen molar-refractivity contribution >= 4 is 39.7 Å². The third kappa shape index (κ3) is 3.97. The summed E-state index contributed by atoms with van der Waals surface area (Å²) in [6.07, 6.45) is 0. The number of thiophene rings is 1. The molecule has 0 N–H and O–H groups in total. The van der Waals surface area contributed by atoms with Gasteiger partial charge in [0.1, 0.15) is 16.3 Å². The smallest absolute Gasteiger partial charge is 0.343 e. The number of nitrogens with zero attached hydrogens (tertiary/aromatic N) is 3. The Bertz CT molecular complexity index is 1730. The van der Waals surface area contributed by atoms with Crippen molar-refractivity contribution in [1.29, 1.82) is 5.26 Å². The number of para-hydroxylation sites is 2. The van der Waals surface area contributed by atoms with Crippen molar-refractivity contribution in [2.24, 2.45) is 0 Å². The van der Waals surface area contributed by atoms with E-state index in [4.69, 9.17) is 17.0 Å². The van der Waals surface area contributed by atoms with Gasteiger partial charge in [-0.3, -0.25) is 13.9 Å². The predicted molar refractivity (Wildman–Crippen MR) is 138 cm³/mol. The molecule has 6 nitrogen and oxygen atoms in total. The molecule has 0 fully saturated rings. The maximum Gasteiger partial charge on any atom is 0.343 e.